The largest absolute Gasteiger partial charge is 0.339 e. The van der Waals surface area contributed by atoms with Crippen LogP contribution in [0.4, 0.5) is 0 Å². The molecule has 4 heteroatoms. The van der Waals surface area contributed by atoms with Crippen molar-refractivity contribution in [3.05, 3.63) is 17.3 Å². The molecule has 0 bridgehead atoms. The van der Waals surface area contributed by atoms with E-state index >= 15 is 0 Å². The van der Waals surface area contributed by atoms with Crippen LogP contribution in [0.2, 0.25) is 0 Å². The fourth-order valence-electron chi connectivity index (χ4n) is 1.66. The lowest BCUT2D eigenvalue weighted by molar-refractivity contribution is 0.570. The van der Waals surface area contributed by atoms with E-state index in [1.165, 1.54) is 0 Å². The number of H-pyrrole nitrogens is 1. The zero-order chi connectivity index (χ0) is 11.2. The topological polar surface area (TPSA) is 54.5 Å². The van der Waals surface area contributed by atoms with Crippen LogP contribution < -0.4 is 0 Å². The zero-order valence-corrected chi connectivity index (χ0v) is 9.84. The highest BCUT2D eigenvalue weighted by atomic mass is 15.0. The highest BCUT2D eigenvalue weighted by Gasteiger charge is 2.21. The highest BCUT2D eigenvalue weighted by molar-refractivity contribution is 5.74. The Bertz CT molecular complexity index is 505. The number of fused-ring (bicyclic) bond motifs is 1. The summed E-state index contributed by atoms with van der Waals surface area (Å²) in [7, 11) is 0. The molecule has 0 spiro atoms. The van der Waals surface area contributed by atoms with E-state index < -0.39 is 0 Å². The fraction of sp³-hybridized carbons (Fsp3) is 0.545. The summed E-state index contributed by atoms with van der Waals surface area (Å²) in [4.78, 5) is 16.4. The lowest BCUT2D eigenvalue weighted by Crippen LogP contribution is -2.15. The maximum Gasteiger partial charge on any atom is 0.181 e. The van der Waals surface area contributed by atoms with Crippen LogP contribution in [-0.4, -0.2) is 19.9 Å². The third-order valence-electron chi connectivity index (χ3n) is 2.29. The second-order valence-electron chi connectivity index (χ2n) is 4.89. The fourth-order valence-corrected chi connectivity index (χ4v) is 1.66. The number of nitrogens with one attached hydrogen (secondary N) is 1. The Morgan fingerprint density at radius 1 is 1.00 bits per heavy atom. The van der Waals surface area contributed by atoms with E-state index in [4.69, 9.17) is 0 Å². The Hall–Kier alpha value is -1.45. The maximum absolute atomic E-state index is 4.50. The maximum atomic E-state index is 4.50. The molecular formula is C11H16N4. The first-order valence-electron chi connectivity index (χ1n) is 5.09. The van der Waals surface area contributed by atoms with Crippen LogP contribution in [0.25, 0.3) is 11.2 Å². The first-order chi connectivity index (χ1) is 6.88. The molecule has 0 unspecified atom stereocenters. The van der Waals surface area contributed by atoms with Crippen LogP contribution in [0.1, 0.15) is 38.1 Å². The van der Waals surface area contributed by atoms with Gasteiger partial charge in [-0.3, -0.25) is 0 Å². The van der Waals surface area contributed by atoms with Gasteiger partial charge in [-0.15, -0.1) is 0 Å². The van der Waals surface area contributed by atoms with Crippen molar-refractivity contribution in [1.29, 1.82) is 0 Å². The molecule has 4 nitrogen and oxygen atoms in total. The van der Waals surface area contributed by atoms with Crippen LogP contribution in [0.15, 0.2) is 0 Å². The van der Waals surface area contributed by atoms with Gasteiger partial charge in [0.05, 0.1) is 5.69 Å². The van der Waals surface area contributed by atoms with E-state index in [2.05, 4.69) is 40.7 Å². The molecule has 0 amide bonds. The van der Waals surface area contributed by atoms with Gasteiger partial charge >= 0.3 is 0 Å². The van der Waals surface area contributed by atoms with E-state index in [9.17, 15) is 0 Å². The third kappa shape index (κ3) is 1.71. The quantitative estimate of drug-likeness (QED) is 0.716. The molecule has 80 valence electrons. The van der Waals surface area contributed by atoms with Crippen LogP contribution in [0, 0.1) is 13.8 Å². The summed E-state index contributed by atoms with van der Waals surface area (Å²) in [5.74, 6) is 1.66. The number of aromatic amines is 1. The van der Waals surface area contributed by atoms with Gasteiger partial charge in [0.15, 0.2) is 5.65 Å². The summed E-state index contributed by atoms with van der Waals surface area (Å²) in [6.07, 6.45) is 0. The second kappa shape index (κ2) is 3.02. The molecule has 0 aliphatic heterocycles. The summed E-state index contributed by atoms with van der Waals surface area (Å²) in [6.45, 7) is 10.3. The van der Waals surface area contributed by atoms with Crippen LogP contribution in [-0.2, 0) is 5.41 Å². The van der Waals surface area contributed by atoms with Crippen molar-refractivity contribution >= 4 is 11.2 Å². The Labute approximate surface area is 89.2 Å². The van der Waals surface area contributed by atoms with Gasteiger partial charge in [-0.1, -0.05) is 20.8 Å². The Morgan fingerprint density at radius 3 is 2.27 bits per heavy atom. The summed E-state index contributed by atoms with van der Waals surface area (Å²) in [5, 5.41) is 0. The molecule has 2 aromatic heterocycles. The van der Waals surface area contributed by atoms with E-state index in [1.807, 2.05) is 13.8 Å². The number of imidazole rings is 1. The van der Waals surface area contributed by atoms with Crippen molar-refractivity contribution in [3.8, 4) is 0 Å². The molecule has 0 fully saturated rings. The number of nitrogens with zero attached hydrogens (tertiary/aromatic N) is 3. The van der Waals surface area contributed by atoms with Gasteiger partial charge in [-0.2, -0.15) is 0 Å². The minimum absolute atomic E-state index is 0.00488. The standard InChI is InChI=1S/C11H16N4/c1-6-12-8-9(11(3,4)5)13-7(2)15-10(8)14-6/h1-5H3,(H,12,13,14,15). The molecule has 0 aromatic carbocycles. The van der Waals surface area contributed by atoms with Crippen molar-refractivity contribution in [2.24, 2.45) is 0 Å². The third-order valence-corrected chi connectivity index (χ3v) is 2.29. The van der Waals surface area contributed by atoms with E-state index in [-0.39, 0.29) is 5.41 Å². The Balaban J connectivity index is 2.82. The van der Waals surface area contributed by atoms with E-state index in [0.29, 0.717) is 0 Å². The van der Waals surface area contributed by atoms with Crippen molar-refractivity contribution in [2.75, 3.05) is 0 Å². The number of aryl methyl sites for hydroxylation is 2. The number of hydrogen-bond acceptors (Lipinski definition) is 3. The monoisotopic (exact) mass is 204 g/mol. The molecule has 2 aromatic rings. The van der Waals surface area contributed by atoms with Crippen molar-refractivity contribution < 1.29 is 0 Å². The highest BCUT2D eigenvalue weighted by Crippen LogP contribution is 2.26. The van der Waals surface area contributed by atoms with Gasteiger partial charge in [0.1, 0.15) is 17.2 Å². The Morgan fingerprint density at radius 2 is 1.67 bits per heavy atom. The number of hydrogen-bond donors (Lipinski definition) is 1. The molecular weight excluding hydrogens is 188 g/mol. The van der Waals surface area contributed by atoms with Crippen LogP contribution in [0.5, 0.6) is 0 Å². The van der Waals surface area contributed by atoms with Crippen LogP contribution >= 0.6 is 0 Å². The van der Waals surface area contributed by atoms with Gasteiger partial charge in [-0.05, 0) is 13.8 Å². The van der Waals surface area contributed by atoms with Gasteiger partial charge in [0, 0.05) is 5.41 Å². The van der Waals surface area contributed by atoms with Crippen molar-refractivity contribution in [3.63, 3.8) is 0 Å². The predicted octanol–water partition coefficient (Wildman–Crippen LogP) is 2.27. The average Bonchev–Trinajstić information content (AvgIpc) is 2.41. The smallest absolute Gasteiger partial charge is 0.181 e. The minimum Gasteiger partial charge on any atom is -0.339 e. The summed E-state index contributed by atoms with van der Waals surface area (Å²) >= 11 is 0. The minimum atomic E-state index is 0.00488. The predicted molar refractivity (Wildman–Crippen MR) is 59.9 cm³/mol. The molecule has 1 N–H and O–H groups in total. The molecule has 0 atom stereocenters. The second-order valence-corrected chi connectivity index (χ2v) is 4.89. The molecule has 2 heterocycles. The first kappa shape index (κ1) is 10.1. The molecule has 0 aliphatic rings. The van der Waals surface area contributed by atoms with Gasteiger partial charge in [0.2, 0.25) is 0 Å². The molecule has 2 rings (SSSR count). The normalized spacial score (nSPS) is 12.3. The van der Waals surface area contributed by atoms with Gasteiger partial charge in [-0.25, -0.2) is 15.0 Å². The molecule has 0 saturated heterocycles. The number of rotatable bonds is 0. The summed E-state index contributed by atoms with van der Waals surface area (Å²) in [6, 6.07) is 0. The van der Waals surface area contributed by atoms with Crippen molar-refractivity contribution in [1.82, 2.24) is 19.9 Å². The SMILES string of the molecule is Cc1nc(C(C)(C)C)c2[nH]c(C)nc2n1. The van der Waals surface area contributed by atoms with E-state index in [1.54, 1.807) is 0 Å². The van der Waals surface area contributed by atoms with E-state index in [0.717, 1.165) is 28.5 Å². The average molecular weight is 204 g/mol. The Kier molecular flexibility index (Phi) is 2.03. The van der Waals surface area contributed by atoms with Crippen molar-refractivity contribution in [2.45, 2.75) is 40.0 Å². The molecule has 0 radical (unpaired) electrons. The molecule has 0 aliphatic carbocycles. The summed E-state index contributed by atoms with van der Waals surface area (Å²) in [5.41, 5.74) is 2.77. The first-order valence-corrected chi connectivity index (χ1v) is 5.09. The van der Waals surface area contributed by atoms with Gasteiger partial charge in [0.25, 0.3) is 0 Å². The number of aromatic nitrogens is 4. The lowest BCUT2D eigenvalue weighted by atomic mass is 9.91. The van der Waals surface area contributed by atoms with Gasteiger partial charge < -0.3 is 4.98 Å². The summed E-state index contributed by atoms with van der Waals surface area (Å²) < 4.78 is 0. The molecule has 0 saturated carbocycles. The zero-order valence-electron chi connectivity index (χ0n) is 9.84. The lowest BCUT2D eigenvalue weighted by Gasteiger charge is -2.18. The van der Waals surface area contributed by atoms with Crippen LogP contribution in [0.3, 0.4) is 0 Å². The molecule has 15 heavy (non-hydrogen) atoms.